The van der Waals surface area contributed by atoms with E-state index in [4.69, 9.17) is 4.52 Å². The highest BCUT2D eigenvalue weighted by Gasteiger charge is 2.28. The summed E-state index contributed by atoms with van der Waals surface area (Å²) in [7, 11) is 2.02. The van der Waals surface area contributed by atoms with Crippen LogP contribution in [0.5, 0.6) is 0 Å². The lowest BCUT2D eigenvalue weighted by molar-refractivity contribution is 0.128. The van der Waals surface area contributed by atoms with E-state index in [1.165, 1.54) is 0 Å². The van der Waals surface area contributed by atoms with Gasteiger partial charge < -0.3 is 14.4 Å². The molecule has 7 nitrogen and oxygen atoms in total. The van der Waals surface area contributed by atoms with Crippen LogP contribution < -0.4 is 5.32 Å². The predicted molar refractivity (Wildman–Crippen MR) is 96.2 cm³/mol. The number of halogens is 1. The monoisotopic (exact) mass is 360 g/mol. The van der Waals surface area contributed by atoms with Crippen molar-refractivity contribution in [1.82, 2.24) is 29.9 Å². The molecule has 1 fully saturated rings. The standard InChI is InChI=1S/C17H20N6O.ClH/c1-22-9-8-19-17(22)14-11-18-7-10-23(14)12-15-20-16(21-24-15)13-5-3-2-4-6-13;/h2-6,8-9,14,18H,7,10-12H2,1H3;1H. The minimum Gasteiger partial charge on any atom is -0.338 e. The van der Waals surface area contributed by atoms with Crippen LogP contribution in [0.15, 0.2) is 47.2 Å². The molecule has 0 amide bonds. The number of imidazole rings is 1. The molecule has 1 unspecified atom stereocenters. The van der Waals surface area contributed by atoms with Crippen LogP contribution in [0.25, 0.3) is 11.4 Å². The van der Waals surface area contributed by atoms with Crippen molar-refractivity contribution in [2.24, 2.45) is 7.05 Å². The van der Waals surface area contributed by atoms with Gasteiger partial charge in [-0.1, -0.05) is 35.5 Å². The largest absolute Gasteiger partial charge is 0.338 e. The topological polar surface area (TPSA) is 72.0 Å². The third-order valence-corrected chi connectivity index (χ3v) is 4.35. The van der Waals surface area contributed by atoms with Gasteiger partial charge in [0.1, 0.15) is 5.82 Å². The first-order chi connectivity index (χ1) is 11.8. The lowest BCUT2D eigenvalue weighted by Crippen LogP contribution is -2.46. The van der Waals surface area contributed by atoms with Crippen LogP contribution >= 0.6 is 12.4 Å². The summed E-state index contributed by atoms with van der Waals surface area (Å²) < 4.78 is 7.53. The Labute approximate surface area is 152 Å². The first-order valence-electron chi connectivity index (χ1n) is 8.11. The van der Waals surface area contributed by atoms with Crippen LogP contribution in [0.3, 0.4) is 0 Å². The zero-order valence-electron chi connectivity index (χ0n) is 14.0. The summed E-state index contributed by atoms with van der Waals surface area (Å²) in [5.41, 5.74) is 0.966. The Balaban J connectivity index is 0.00000182. The molecule has 8 heteroatoms. The average molecular weight is 361 g/mol. The molecule has 3 heterocycles. The van der Waals surface area contributed by atoms with E-state index >= 15 is 0 Å². The Morgan fingerprint density at radius 1 is 1.28 bits per heavy atom. The number of piperazine rings is 1. The van der Waals surface area contributed by atoms with Crippen LogP contribution in [-0.2, 0) is 13.6 Å². The maximum atomic E-state index is 5.47. The third-order valence-electron chi connectivity index (χ3n) is 4.35. The van der Waals surface area contributed by atoms with E-state index in [1.54, 1.807) is 0 Å². The predicted octanol–water partition coefficient (Wildman–Crippen LogP) is 2.04. The summed E-state index contributed by atoms with van der Waals surface area (Å²) >= 11 is 0. The number of nitrogens with zero attached hydrogens (tertiary/aromatic N) is 5. The summed E-state index contributed by atoms with van der Waals surface area (Å²) in [6, 6.07) is 10.1. The zero-order valence-corrected chi connectivity index (χ0v) is 14.8. The van der Waals surface area contributed by atoms with Crippen LogP contribution in [-0.4, -0.2) is 44.2 Å². The van der Waals surface area contributed by atoms with Gasteiger partial charge in [0.05, 0.1) is 12.6 Å². The Morgan fingerprint density at radius 3 is 2.88 bits per heavy atom. The molecule has 132 valence electrons. The Bertz CT molecular complexity index is 802. The van der Waals surface area contributed by atoms with E-state index in [2.05, 4.69) is 29.9 Å². The molecular weight excluding hydrogens is 340 g/mol. The molecular formula is C17H21ClN6O. The van der Waals surface area contributed by atoms with Crippen molar-refractivity contribution in [3.05, 3.63) is 54.4 Å². The number of rotatable bonds is 4. The van der Waals surface area contributed by atoms with E-state index in [0.717, 1.165) is 31.0 Å². The second-order valence-electron chi connectivity index (χ2n) is 5.96. The highest BCUT2D eigenvalue weighted by molar-refractivity contribution is 5.85. The summed E-state index contributed by atoms with van der Waals surface area (Å²) in [5.74, 6) is 2.31. The molecule has 1 aromatic carbocycles. The van der Waals surface area contributed by atoms with Crippen molar-refractivity contribution in [1.29, 1.82) is 0 Å². The van der Waals surface area contributed by atoms with Gasteiger partial charge in [-0.2, -0.15) is 4.98 Å². The van der Waals surface area contributed by atoms with E-state index in [9.17, 15) is 0 Å². The van der Waals surface area contributed by atoms with Crippen LogP contribution in [0.1, 0.15) is 17.8 Å². The Kier molecular flexibility index (Phi) is 5.47. The van der Waals surface area contributed by atoms with E-state index in [0.29, 0.717) is 18.3 Å². The molecule has 0 bridgehead atoms. The van der Waals surface area contributed by atoms with Gasteiger partial charge in [0.2, 0.25) is 11.7 Å². The maximum Gasteiger partial charge on any atom is 0.241 e. The molecule has 1 N–H and O–H groups in total. The number of benzene rings is 1. The van der Waals surface area contributed by atoms with Gasteiger partial charge in [-0.3, -0.25) is 4.90 Å². The minimum absolute atomic E-state index is 0. The summed E-state index contributed by atoms with van der Waals surface area (Å²) in [6.45, 7) is 3.35. The molecule has 1 aliphatic rings. The number of hydrogen-bond donors (Lipinski definition) is 1. The van der Waals surface area contributed by atoms with Crippen molar-refractivity contribution < 1.29 is 4.52 Å². The maximum absolute atomic E-state index is 5.47. The summed E-state index contributed by atoms with van der Waals surface area (Å²) in [4.78, 5) is 11.4. The molecule has 0 saturated carbocycles. The minimum atomic E-state index is 0. The fourth-order valence-corrected chi connectivity index (χ4v) is 3.09. The van der Waals surface area contributed by atoms with E-state index < -0.39 is 0 Å². The lowest BCUT2D eigenvalue weighted by atomic mass is 10.1. The van der Waals surface area contributed by atoms with Gasteiger partial charge in [-0.25, -0.2) is 4.98 Å². The van der Waals surface area contributed by atoms with Crippen molar-refractivity contribution in [2.75, 3.05) is 19.6 Å². The highest BCUT2D eigenvalue weighted by Crippen LogP contribution is 2.23. The molecule has 1 saturated heterocycles. The first-order valence-corrected chi connectivity index (χ1v) is 8.11. The van der Waals surface area contributed by atoms with Gasteiger partial charge in [0.15, 0.2) is 0 Å². The molecule has 4 rings (SSSR count). The van der Waals surface area contributed by atoms with Crippen molar-refractivity contribution in [3.8, 4) is 11.4 Å². The second kappa shape index (κ2) is 7.77. The molecule has 0 radical (unpaired) electrons. The molecule has 2 aromatic heterocycles. The molecule has 25 heavy (non-hydrogen) atoms. The SMILES string of the molecule is Cl.Cn1ccnc1C1CNCCN1Cc1nc(-c2ccccc2)no1. The molecule has 1 aliphatic heterocycles. The Hall–Kier alpha value is -2.22. The molecule has 3 aromatic rings. The van der Waals surface area contributed by atoms with Gasteiger partial charge in [-0.15, -0.1) is 12.4 Å². The smallest absolute Gasteiger partial charge is 0.241 e. The van der Waals surface area contributed by atoms with Crippen LogP contribution in [0.4, 0.5) is 0 Å². The quantitative estimate of drug-likeness (QED) is 0.767. The summed E-state index contributed by atoms with van der Waals surface area (Å²) in [6.07, 6.45) is 3.81. The Morgan fingerprint density at radius 2 is 2.12 bits per heavy atom. The van der Waals surface area contributed by atoms with Crippen molar-refractivity contribution >= 4 is 12.4 Å². The number of hydrogen-bond acceptors (Lipinski definition) is 6. The second-order valence-corrected chi connectivity index (χ2v) is 5.96. The lowest BCUT2D eigenvalue weighted by Gasteiger charge is -2.34. The van der Waals surface area contributed by atoms with E-state index in [-0.39, 0.29) is 18.4 Å². The molecule has 1 atom stereocenters. The number of aromatic nitrogens is 4. The third kappa shape index (κ3) is 3.73. The first kappa shape index (κ1) is 17.6. The van der Waals surface area contributed by atoms with Gasteiger partial charge >= 0.3 is 0 Å². The number of aryl methyl sites for hydroxylation is 1. The molecule has 0 aliphatic carbocycles. The van der Waals surface area contributed by atoms with Gasteiger partial charge in [-0.05, 0) is 0 Å². The van der Waals surface area contributed by atoms with Gasteiger partial charge in [0, 0.05) is 44.6 Å². The zero-order chi connectivity index (χ0) is 16.4. The fourth-order valence-electron chi connectivity index (χ4n) is 3.09. The van der Waals surface area contributed by atoms with Crippen molar-refractivity contribution in [2.45, 2.75) is 12.6 Å². The van der Waals surface area contributed by atoms with Crippen molar-refractivity contribution in [3.63, 3.8) is 0 Å². The molecule has 0 spiro atoms. The highest BCUT2D eigenvalue weighted by atomic mass is 35.5. The van der Waals surface area contributed by atoms with Gasteiger partial charge in [0.25, 0.3) is 0 Å². The normalized spacial score (nSPS) is 18.0. The summed E-state index contributed by atoms with van der Waals surface area (Å²) in [5, 5.41) is 7.54. The van der Waals surface area contributed by atoms with Crippen LogP contribution in [0, 0.1) is 0 Å². The van der Waals surface area contributed by atoms with E-state index in [1.807, 2.05) is 49.8 Å². The fraction of sp³-hybridized carbons (Fsp3) is 0.353. The number of nitrogens with one attached hydrogen (secondary N) is 1. The van der Waals surface area contributed by atoms with Crippen LogP contribution in [0.2, 0.25) is 0 Å². The average Bonchev–Trinajstić information content (AvgIpc) is 3.25.